The van der Waals surface area contributed by atoms with Gasteiger partial charge in [0.2, 0.25) is 5.82 Å². The van der Waals surface area contributed by atoms with E-state index >= 15 is 0 Å². The lowest BCUT2D eigenvalue weighted by Crippen LogP contribution is -2.04. The Labute approximate surface area is 130 Å². The Balaban J connectivity index is 2.13. The van der Waals surface area contributed by atoms with Crippen molar-refractivity contribution in [2.24, 2.45) is 0 Å². The zero-order chi connectivity index (χ0) is 15.0. The van der Waals surface area contributed by atoms with Crippen molar-refractivity contribution >= 4 is 32.8 Å². The van der Waals surface area contributed by atoms with Crippen LogP contribution in [0.2, 0.25) is 0 Å². The standard InChI is InChI=1S/C15H12BrN5/c1-9-2-4-10(5-3-9)8-21-12(16)6-11-14(18)19-13(7-17)20-15(11)21/h2-6H,8H2,1H3,(H2,18,19,20). The monoisotopic (exact) mass is 341 g/mol. The minimum Gasteiger partial charge on any atom is -0.383 e. The highest BCUT2D eigenvalue weighted by atomic mass is 79.9. The topological polar surface area (TPSA) is 80.5 Å². The molecule has 0 amide bonds. The van der Waals surface area contributed by atoms with Gasteiger partial charge >= 0.3 is 0 Å². The lowest BCUT2D eigenvalue weighted by molar-refractivity contribution is 0.803. The van der Waals surface area contributed by atoms with Crippen LogP contribution >= 0.6 is 15.9 Å². The third kappa shape index (κ3) is 2.48. The molecule has 0 aliphatic rings. The second kappa shape index (κ2) is 5.19. The number of nitrogens with two attached hydrogens (primary N) is 1. The summed E-state index contributed by atoms with van der Waals surface area (Å²) in [5.41, 5.74) is 8.91. The second-order valence-corrected chi connectivity index (χ2v) is 5.63. The Bertz CT molecular complexity index is 858. The highest BCUT2D eigenvalue weighted by Crippen LogP contribution is 2.27. The minimum atomic E-state index is 0.0794. The molecule has 0 radical (unpaired) electrons. The maximum atomic E-state index is 8.99. The fourth-order valence-electron chi connectivity index (χ4n) is 2.19. The quantitative estimate of drug-likeness (QED) is 0.776. The number of anilines is 1. The van der Waals surface area contributed by atoms with Crippen LogP contribution in [-0.4, -0.2) is 14.5 Å². The summed E-state index contributed by atoms with van der Waals surface area (Å²) in [6.45, 7) is 2.70. The van der Waals surface area contributed by atoms with Crippen LogP contribution in [0.15, 0.2) is 34.9 Å². The summed E-state index contributed by atoms with van der Waals surface area (Å²) < 4.78 is 2.83. The van der Waals surface area contributed by atoms with E-state index in [0.29, 0.717) is 18.0 Å². The summed E-state index contributed by atoms with van der Waals surface area (Å²) in [6.07, 6.45) is 0. The van der Waals surface area contributed by atoms with Crippen molar-refractivity contribution < 1.29 is 0 Å². The van der Waals surface area contributed by atoms with E-state index in [1.54, 1.807) is 0 Å². The molecule has 0 saturated carbocycles. The summed E-state index contributed by atoms with van der Waals surface area (Å²) in [7, 11) is 0. The third-order valence-corrected chi connectivity index (χ3v) is 3.95. The Morgan fingerprint density at radius 2 is 2.00 bits per heavy atom. The summed E-state index contributed by atoms with van der Waals surface area (Å²) in [5, 5.41) is 9.73. The van der Waals surface area contributed by atoms with Crippen LogP contribution in [0, 0.1) is 18.3 Å². The fraction of sp³-hybridized carbons (Fsp3) is 0.133. The van der Waals surface area contributed by atoms with Gasteiger partial charge in [0.15, 0.2) is 0 Å². The molecular weight excluding hydrogens is 330 g/mol. The van der Waals surface area contributed by atoms with E-state index in [4.69, 9.17) is 11.0 Å². The van der Waals surface area contributed by atoms with Crippen molar-refractivity contribution in [3.05, 3.63) is 51.9 Å². The zero-order valence-corrected chi connectivity index (χ0v) is 12.9. The van der Waals surface area contributed by atoms with Gasteiger partial charge in [-0.15, -0.1) is 0 Å². The first-order valence-electron chi connectivity index (χ1n) is 6.36. The molecular formula is C15H12BrN5. The van der Waals surface area contributed by atoms with Crippen LogP contribution in [0.1, 0.15) is 17.0 Å². The molecule has 3 rings (SSSR count). The fourth-order valence-corrected chi connectivity index (χ4v) is 2.72. The molecule has 0 saturated heterocycles. The molecule has 6 heteroatoms. The molecule has 1 aromatic carbocycles. The summed E-state index contributed by atoms with van der Waals surface area (Å²) in [4.78, 5) is 8.23. The van der Waals surface area contributed by atoms with Crippen LogP contribution in [0.5, 0.6) is 0 Å². The largest absolute Gasteiger partial charge is 0.383 e. The van der Waals surface area contributed by atoms with E-state index in [1.165, 1.54) is 5.56 Å². The first-order valence-corrected chi connectivity index (χ1v) is 7.15. The molecule has 0 aliphatic carbocycles. The van der Waals surface area contributed by atoms with Gasteiger partial charge in [0.05, 0.1) is 16.5 Å². The highest BCUT2D eigenvalue weighted by Gasteiger charge is 2.13. The molecule has 0 bridgehead atoms. The van der Waals surface area contributed by atoms with Crippen LogP contribution in [0.25, 0.3) is 11.0 Å². The van der Waals surface area contributed by atoms with E-state index in [1.807, 2.05) is 16.7 Å². The number of fused-ring (bicyclic) bond motifs is 1. The number of hydrogen-bond donors (Lipinski definition) is 1. The van der Waals surface area contributed by atoms with Crippen molar-refractivity contribution in [3.63, 3.8) is 0 Å². The molecule has 0 unspecified atom stereocenters. The first-order chi connectivity index (χ1) is 10.1. The van der Waals surface area contributed by atoms with Gasteiger partial charge in [-0.1, -0.05) is 29.8 Å². The van der Waals surface area contributed by atoms with Gasteiger partial charge in [-0.3, -0.25) is 0 Å². The average molecular weight is 342 g/mol. The normalized spacial score (nSPS) is 10.7. The SMILES string of the molecule is Cc1ccc(Cn2c(Br)cc3c(N)nc(C#N)nc32)cc1. The second-order valence-electron chi connectivity index (χ2n) is 4.82. The van der Waals surface area contributed by atoms with Crippen molar-refractivity contribution in [2.75, 3.05) is 5.73 Å². The van der Waals surface area contributed by atoms with Gasteiger partial charge in [0, 0.05) is 0 Å². The number of nitrogen functional groups attached to an aromatic ring is 1. The predicted octanol–water partition coefficient (Wildman–Crippen LogP) is 3.00. The van der Waals surface area contributed by atoms with E-state index in [0.717, 1.165) is 15.6 Å². The molecule has 3 aromatic rings. The van der Waals surface area contributed by atoms with E-state index in [2.05, 4.69) is 57.1 Å². The number of aryl methyl sites for hydroxylation is 1. The van der Waals surface area contributed by atoms with Crippen LogP contribution < -0.4 is 5.73 Å². The Morgan fingerprint density at radius 3 is 2.67 bits per heavy atom. The van der Waals surface area contributed by atoms with Gasteiger partial charge in [0.1, 0.15) is 17.5 Å². The number of benzene rings is 1. The minimum absolute atomic E-state index is 0.0794. The summed E-state index contributed by atoms with van der Waals surface area (Å²) in [5.74, 6) is 0.399. The van der Waals surface area contributed by atoms with Crippen molar-refractivity contribution in [1.29, 1.82) is 5.26 Å². The zero-order valence-electron chi connectivity index (χ0n) is 11.3. The number of halogens is 1. The third-order valence-electron chi connectivity index (χ3n) is 3.29. The highest BCUT2D eigenvalue weighted by molar-refractivity contribution is 9.10. The molecule has 104 valence electrons. The average Bonchev–Trinajstić information content (AvgIpc) is 2.78. The van der Waals surface area contributed by atoms with Gasteiger partial charge in [0.25, 0.3) is 0 Å². The number of nitrogens with zero attached hydrogens (tertiary/aromatic N) is 4. The molecule has 2 aromatic heterocycles. The van der Waals surface area contributed by atoms with Gasteiger partial charge < -0.3 is 10.3 Å². The lowest BCUT2D eigenvalue weighted by Gasteiger charge is -2.07. The first kappa shape index (κ1) is 13.6. The molecule has 5 nitrogen and oxygen atoms in total. The molecule has 2 heterocycles. The van der Waals surface area contributed by atoms with Crippen molar-refractivity contribution in [1.82, 2.24) is 14.5 Å². The Kier molecular flexibility index (Phi) is 3.35. The van der Waals surface area contributed by atoms with E-state index < -0.39 is 0 Å². The summed E-state index contributed by atoms with van der Waals surface area (Å²) >= 11 is 3.52. The maximum Gasteiger partial charge on any atom is 0.236 e. The molecule has 21 heavy (non-hydrogen) atoms. The molecule has 2 N–H and O–H groups in total. The molecule has 0 spiro atoms. The molecule has 0 aliphatic heterocycles. The molecule has 0 fully saturated rings. The maximum absolute atomic E-state index is 8.99. The van der Waals surface area contributed by atoms with E-state index in [-0.39, 0.29) is 5.82 Å². The predicted molar refractivity (Wildman–Crippen MR) is 84.6 cm³/mol. The van der Waals surface area contributed by atoms with Crippen molar-refractivity contribution in [2.45, 2.75) is 13.5 Å². The van der Waals surface area contributed by atoms with E-state index in [9.17, 15) is 0 Å². The number of aromatic nitrogens is 3. The molecule has 0 atom stereocenters. The van der Waals surface area contributed by atoms with Gasteiger partial charge in [-0.2, -0.15) is 5.26 Å². The number of rotatable bonds is 2. The Morgan fingerprint density at radius 1 is 1.29 bits per heavy atom. The van der Waals surface area contributed by atoms with Gasteiger partial charge in [-0.25, -0.2) is 9.97 Å². The van der Waals surface area contributed by atoms with Crippen molar-refractivity contribution in [3.8, 4) is 6.07 Å². The van der Waals surface area contributed by atoms with Crippen LogP contribution in [0.3, 0.4) is 0 Å². The summed E-state index contributed by atoms with van der Waals surface area (Å²) in [6, 6.07) is 12.1. The van der Waals surface area contributed by atoms with Crippen LogP contribution in [-0.2, 0) is 6.54 Å². The lowest BCUT2D eigenvalue weighted by atomic mass is 10.1. The van der Waals surface area contributed by atoms with Crippen LogP contribution in [0.4, 0.5) is 5.82 Å². The Hall–Kier alpha value is -2.39. The smallest absolute Gasteiger partial charge is 0.236 e. The van der Waals surface area contributed by atoms with Gasteiger partial charge in [-0.05, 0) is 34.5 Å². The number of hydrogen-bond acceptors (Lipinski definition) is 4. The number of nitriles is 1.